The van der Waals surface area contributed by atoms with Crippen molar-refractivity contribution in [3.8, 4) is 11.5 Å². The molecule has 10 N–H and O–H groups in total. The first kappa shape index (κ1) is 37.2. The van der Waals surface area contributed by atoms with Gasteiger partial charge in [-0.3, -0.25) is 9.05 Å². The highest BCUT2D eigenvalue weighted by molar-refractivity contribution is 7.46. The predicted molar refractivity (Wildman–Crippen MR) is 145 cm³/mol. The fraction of sp³-hybridized carbons (Fsp3) is 0.750. The predicted octanol–water partition coefficient (Wildman–Crippen LogP) is -2.08. The van der Waals surface area contributed by atoms with Crippen molar-refractivity contribution in [3.63, 3.8) is 0 Å². The summed E-state index contributed by atoms with van der Waals surface area (Å²) < 4.78 is 53.0. The summed E-state index contributed by atoms with van der Waals surface area (Å²) in [5.41, 5.74) is 0. The molecular weight excluding hydrogens is 638 g/mol. The zero-order chi connectivity index (χ0) is 32.7. The van der Waals surface area contributed by atoms with Gasteiger partial charge in [-0.25, -0.2) is 9.13 Å². The number of aliphatic hydroxyl groups is 6. The Balaban J connectivity index is 1.40. The van der Waals surface area contributed by atoms with Gasteiger partial charge in [-0.2, -0.15) is 0 Å². The maximum atomic E-state index is 10.9. The van der Waals surface area contributed by atoms with Crippen LogP contribution in [0.3, 0.4) is 0 Å². The highest BCUT2D eigenvalue weighted by Crippen LogP contribution is 2.38. The quantitative estimate of drug-likeness (QED) is 0.0663. The Bertz CT molecular complexity index is 1030. The molecule has 3 rings (SSSR count). The van der Waals surface area contributed by atoms with Crippen LogP contribution in [0.2, 0.25) is 0 Å². The second kappa shape index (κ2) is 16.5. The molecule has 2 saturated heterocycles. The number of rotatable bonds is 16. The Morgan fingerprint density at radius 3 is 1.32 bits per heavy atom. The number of hydrogen-bond acceptors (Lipinski definition) is 14. The van der Waals surface area contributed by atoms with E-state index in [-0.39, 0.29) is 26.1 Å². The van der Waals surface area contributed by atoms with E-state index in [0.29, 0.717) is 24.3 Å². The van der Waals surface area contributed by atoms with Crippen molar-refractivity contribution in [2.45, 2.75) is 86.7 Å². The first-order valence-electron chi connectivity index (χ1n) is 13.7. The number of phosphoric ester groups is 2. The standard InChI is InChI=1S/C24H40O18P2/c25-19-15(41-17(21(27)23(19)29)11-39-43(31,32)33)6-2-8-37-13-4-1-5-14(10-13)38-9-3-7-16-20(26)24(30)22(28)18(42-16)12-40-44(34,35)36/h1,4-5,10,15-30H,2-3,6-9,11-12H2,(H2,31,32,33)(H2,34,35,36). The van der Waals surface area contributed by atoms with Gasteiger partial charge >= 0.3 is 15.6 Å². The van der Waals surface area contributed by atoms with E-state index >= 15 is 0 Å². The molecule has 20 heteroatoms. The Morgan fingerprint density at radius 2 is 0.955 bits per heavy atom. The second-order valence-electron chi connectivity index (χ2n) is 10.4. The second-order valence-corrected chi connectivity index (χ2v) is 12.9. The molecule has 1 aromatic rings. The minimum atomic E-state index is -4.83. The van der Waals surface area contributed by atoms with Crippen LogP contribution in [-0.4, -0.2) is 138 Å². The molecule has 10 unspecified atom stereocenters. The molecule has 0 radical (unpaired) electrons. The van der Waals surface area contributed by atoms with E-state index in [0.717, 1.165) is 0 Å². The summed E-state index contributed by atoms with van der Waals surface area (Å²) in [5, 5.41) is 60.7. The Kier molecular flexibility index (Phi) is 14.0. The van der Waals surface area contributed by atoms with Crippen LogP contribution in [0.5, 0.6) is 11.5 Å². The summed E-state index contributed by atoms with van der Waals surface area (Å²) in [7, 11) is -9.67. The SMILES string of the molecule is O=P(O)(O)OCC1OC(CCCOc2cccc(OCCCC3OC(COP(=O)(O)O)C(O)C(O)C3O)c2)C(O)C(O)C1O. The van der Waals surface area contributed by atoms with Crippen molar-refractivity contribution in [1.82, 2.24) is 0 Å². The molecule has 10 atom stereocenters. The minimum absolute atomic E-state index is 0.163. The van der Waals surface area contributed by atoms with E-state index < -0.39 is 89.9 Å². The number of aliphatic hydroxyl groups excluding tert-OH is 6. The van der Waals surface area contributed by atoms with Crippen LogP contribution < -0.4 is 9.47 Å². The topological polar surface area (TPSA) is 292 Å². The molecule has 0 saturated carbocycles. The molecule has 0 bridgehead atoms. The molecular formula is C24H40O18P2. The van der Waals surface area contributed by atoms with Crippen LogP contribution in [0.1, 0.15) is 25.7 Å². The van der Waals surface area contributed by atoms with Crippen molar-refractivity contribution in [2.75, 3.05) is 26.4 Å². The lowest BCUT2D eigenvalue weighted by Crippen LogP contribution is -2.58. The largest absolute Gasteiger partial charge is 0.493 e. The van der Waals surface area contributed by atoms with Gasteiger partial charge in [0.05, 0.1) is 38.6 Å². The molecule has 0 spiro atoms. The number of benzene rings is 1. The molecule has 2 fully saturated rings. The average molecular weight is 679 g/mol. The Hall–Kier alpha value is -1.28. The first-order valence-corrected chi connectivity index (χ1v) is 16.8. The van der Waals surface area contributed by atoms with Crippen molar-refractivity contribution >= 4 is 15.6 Å². The van der Waals surface area contributed by atoms with E-state index in [9.17, 15) is 39.8 Å². The molecule has 1 aromatic carbocycles. The van der Waals surface area contributed by atoms with Crippen molar-refractivity contribution < 1.29 is 87.3 Å². The average Bonchev–Trinajstić information content (AvgIpc) is 2.95. The Morgan fingerprint density at radius 1 is 0.591 bits per heavy atom. The summed E-state index contributed by atoms with van der Waals surface area (Å²) in [4.78, 5) is 35.5. The van der Waals surface area contributed by atoms with Gasteiger partial charge in [0, 0.05) is 6.07 Å². The van der Waals surface area contributed by atoms with Gasteiger partial charge in [-0.1, -0.05) is 6.07 Å². The van der Waals surface area contributed by atoms with Crippen LogP contribution in [-0.2, 0) is 27.7 Å². The van der Waals surface area contributed by atoms with Gasteiger partial charge in [0.1, 0.15) is 60.3 Å². The maximum Gasteiger partial charge on any atom is 0.469 e. The van der Waals surface area contributed by atoms with Gasteiger partial charge in [0.25, 0.3) is 0 Å². The molecule has 2 aliphatic rings. The summed E-state index contributed by atoms with van der Waals surface area (Å²) in [6, 6.07) is 6.64. The smallest absolute Gasteiger partial charge is 0.469 e. The molecule has 0 aliphatic carbocycles. The van der Waals surface area contributed by atoms with Gasteiger partial charge in [-0.15, -0.1) is 0 Å². The van der Waals surface area contributed by atoms with Gasteiger partial charge in [-0.05, 0) is 37.8 Å². The molecule has 18 nitrogen and oxygen atoms in total. The van der Waals surface area contributed by atoms with Crippen molar-refractivity contribution in [3.05, 3.63) is 24.3 Å². The molecule has 0 aromatic heterocycles. The number of phosphoric acid groups is 2. The van der Waals surface area contributed by atoms with E-state index in [1.165, 1.54) is 0 Å². The molecule has 44 heavy (non-hydrogen) atoms. The third-order valence-electron chi connectivity index (χ3n) is 7.05. The van der Waals surface area contributed by atoms with Gasteiger partial charge in [0.2, 0.25) is 0 Å². The lowest BCUT2D eigenvalue weighted by atomic mass is 9.93. The van der Waals surface area contributed by atoms with E-state index in [1.54, 1.807) is 24.3 Å². The van der Waals surface area contributed by atoms with E-state index in [1.807, 2.05) is 0 Å². The summed E-state index contributed by atoms with van der Waals surface area (Å²) in [5.74, 6) is 0.902. The van der Waals surface area contributed by atoms with Crippen LogP contribution in [0.15, 0.2) is 24.3 Å². The zero-order valence-electron chi connectivity index (χ0n) is 23.4. The zero-order valence-corrected chi connectivity index (χ0v) is 25.2. The summed E-state index contributed by atoms with van der Waals surface area (Å²) in [6.07, 6.45) is -12.7. The van der Waals surface area contributed by atoms with Crippen LogP contribution >= 0.6 is 15.6 Å². The van der Waals surface area contributed by atoms with Gasteiger partial charge < -0.3 is 69.2 Å². The summed E-state index contributed by atoms with van der Waals surface area (Å²) in [6.45, 7) is -1.06. The van der Waals surface area contributed by atoms with Crippen LogP contribution in [0.4, 0.5) is 0 Å². The van der Waals surface area contributed by atoms with Crippen LogP contribution in [0, 0.1) is 0 Å². The lowest BCUT2D eigenvalue weighted by molar-refractivity contribution is -0.229. The van der Waals surface area contributed by atoms with Crippen molar-refractivity contribution in [2.24, 2.45) is 0 Å². The fourth-order valence-corrected chi connectivity index (χ4v) is 5.43. The van der Waals surface area contributed by atoms with E-state index in [4.69, 9.17) is 38.5 Å². The molecule has 2 aliphatic heterocycles. The highest BCUT2D eigenvalue weighted by atomic mass is 31.2. The number of ether oxygens (including phenoxy) is 4. The van der Waals surface area contributed by atoms with Crippen LogP contribution in [0.25, 0.3) is 0 Å². The molecule has 0 amide bonds. The number of hydrogen-bond donors (Lipinski definition) is 10. The summed E-state index contributed by atoms with van der Waals surface area (Å²) >= 11 is 0. The Labute approximate surface area is 252 Å². The first-order chi connectivity index (χ1) is 20.6. The lowest BCUT2D eigenvalue weighted by Gasteiger charge is -2.40. The third kappa shape index (κ3) is 11.5. The van der Waals surface area contributed by atoms with Crippen molar-refractivity contribution in [1.29, 1.82) is 0 Å². The molecule has 254 valence electrons. The molecule has 2 heterocycles. The van der Waals surface area contributed by atoms with E-state index in [2.05, 4.69) is 9.05 Å². The fourth-order valence-electron chi connectivity index (χ4n) is 4.75. The normalized spacial score (nSPS) is 33.2. The third-order valence-corrected chi connectivity index (χ3v) is 8.02. The maximum absolute atomic E-state index is 10.9. The highest BCUT2D eigenvalue weighted by Gasteiger charge is 2.45. The minimum Gasteiger partial charge on any atom is -0.493 e. The van der Waals surface area contributed by atoms with Gasteiger partial charge in [0.15, 0.2) is 0 Å². The monoisotopic (exact) mass is 678 g/mol.